The summed E-state index contributed by atoms with van der Waals surface area (Å²) >= 11 is 7.23. The zero-order valence-electron chi connectivity index (χ0n) is 16.9. The predicted molar refractivity (Wildman–Crippen MR) is 124 cm³/mol. The number of amides is 1. The van der Waals surface area contributed by atoms with Crippen LogP contribution in [0.5, 0.6) is 11.5 Å². The van der Waals surface area contributed by atoms with E-state index in [0.717, 1.165) is 11.8 Å². The van der Waals surface area contributed by atoms with Crippen LogP contribution < -0.4 is 20.3 Å². The van der Waals surface area contributed by atoms with Crippen LogP contribution in [-0.2, 0) is 4.79 Å². The minimum absolute atomic E-state index is 0.0578. The molecule has 1 N–H and O–H groups in total. The summed E-state index contributed by atoms with van der Waals surface area (Å²) in [5.41, 5.74) is 0.455. The molecule has 0 spiro atoms. The maximum Gasteiger partial charge on any atom is 0.266 e. The Bertz CT molecular complexity index is 1460. The van der Waals surface area contributed by atoms with Gasteiger partial charge in [0.25, 0.3) is 5.56 Å². The van der Waals surface area contributed by atoms with Gasteiger partial charge in [0, 0.05) is 12.1 Å². The molecule has 4 aromatic rings. The Morgan fingerprint density at radius 1 is 1.12 bits per heavy atom. The third-order valence-electron chi connectivity index (χ3n) is 4.91. The number of carbonyl (C=O) groups excluding carboxylic acids is 1. The number of hydrogen-bond acceptors (Lipinski definition) is 6. The van der Waals surface area contributed by atoms with E-state index in [0.29, 0.717) is 33.1 Å². The summed E-state index contributed by atoms with van der Waals surface area (Å²) in [6.45, 7) is 0.0835. The number of nitrogens with one attached hydrogen (secondary N) is 1. The number of hydrogen-bond donors (Lipinski definition) is 1. The van der Waals surface area contributed by atoms with Crippen LogP contribution in [0, 0.1) is 5.82 Å². The summed E-state index contributed by atoms with van der Waals surface area (Å²) in [6, 6.07) is 15.9. The summed E-state index contributed by atoms with van der Waals surface area (Å²) in [7, 11) is 0. The van der Waals surface area contributed by atoms with Crippen molar-refractivity contribution < 1.29 is 18.7 Å². The molecule has 0 bridgehead atoms. The molecule has 1 amide bonds. The minimum Gasteiger partial charge on any atom is -0.454 e. The van der Waals surface area contributed by atoms with Crippen molar-refractivity contribution in [3.63, 3.8) is 0 Å². The molecule has 1 aromatic heterocycles. The maximum atomic E-state index is 14.6. The molecule has 1 aliphatic heterocycles. The van der Waals surface area contributed by atoms with Gasteiger partial charge >= 0.3 is 0 Å². The van der Waals surface area contributed by atoms with Crippen molar-refractivity contribution in [1.29, 1.82) is 0 Å². The van der Waals surface area contributed by atoms with Gasteiger partial charge < -0.3 is 14.8 Å². The molecule has 10 heteroatoms. The molecule has 0 saturated heterocycles. The van der Waals surface area contributed by atoms with E-state index >= 15 is 0 Å². The van der Waals surface area contributed by atoms with Crippen molar-refractivity contribution in [2.75, 3.05) is 17.9 Å². The van der Waals surface area contributed by atoms with Gasteiger partial charge in [0.1, 0.15) is 5.82 Å². The summed E-state index contributed by atoms with van der Waals surface area (Å²) < 4.78 is 26.3. The van der Waals surface area contributed by atoms with Crippen LogP contribution in [0.25, 0.3) is 16.6 Å². The molecule has 0 atom stereocenters. The molecule has 5 rings (SSSR count). The van der Waals surface area contributed by atoms with E-state index in [9.17, 15) is 14.0 Å². The van der Waals surface area contributed by atoms with E-state index < -0.39 is 11.4 Å². The topological polar surface area (TPSA) is 82.5 Å². The van der Waals surface area contributed by atoms with Crippen molar-refractivity contribution in [3.05, 3.63) is 81.9 Å². The average molecular weight is 484 g/mol. The molecule has 1 aliphatic rings. The minimum atomic E-state index is -0.574. The average Bonchev–Trinajstić information content (AvgIpc) is 3.26. The summed E-state index contributed by atoms with van der Waals surface area (Å²) in [5, 5.41) is 3.55. The third kappa shape index (κ3) is 4.12. The van der Waals surface area contributed by atoms with E-state index in [-0.39, 0.29) is 29.3 Å². The Hall–Kier alpha value is -3.56. The molecule has 166 valence electrons. The first-order valence-corrected chi connectivity index (χ1v) is 11.2. The maximum absolute atomic E-state index is 14.6. The second kappa shape index (κ2) is 8.76. The lowest BCUT2D eigenvalue weighted by Gasteiger charge is -2.14. The zero-order valence-corrected chi connectivity index (χ0v) is 18.5. The Balaban J connectivity index is 1.45. The van der Waals surface area contributed by atoms with Crippen LogP contribution in [0.2, 0.25) is 5.02 Å². The number of anilines is 1. The van der Waals surface area contributed by atoms with Gasteiger partial charge in [-0.3, -0.25) is 14.2 Å². The van der Waals surface area contributed by atoms with Gasteiger partial charge in [-0.15, -0.1) is 0 Å². The monoisotopic (exact) mass is 483 g/mol. The molecule has 2 heterocycles. The Labute approximate surface area is 196 Å². The lowest BCUT2D eigenvalue weighted by Crippen LogP contribution is -2.23. The highest BCUT2D eigenvalue weighted by Crippen LogP contribution is 2.39. The molecular weight excluding hydrogens is 469 g/mol. The van der Waals surface area contributed by atoms with Gasteiger partial charge in [0.15, 0.2) is 16.7 Å². The van der Waals surface area contributed by atoms with Crippen LogP contribution in [0.3, 0.4) is 0 Å². The van der Waals surface area contributed by atoms with E-state index in [4.69, 9.17) is 21.1 Å². The van der Waals surface area contributed by atoms with Gasteiger partial charge in [0.2, 0.25) is 12.7 Å². The standard InChI is InChI=1S/C23H15ClFN3O4S/c24-14-9-19-20(32-12-31-19)10-17(14)26-21(29)11-33-23-27-16-7-3-1-5-13(16)22(30)28(23)18-8-4-2-6-15(18)25/h1-10H,11-12H2,(H,26,29). The van der Waals surface area contributed by atoms with Gasteiger partial charge in [-0.1, -0.05) is 47.6 Å². The van der Waals surface area contributed by atoms with Gasteiger partial charge in [0.05, 0.1) is 33.1 Å². The quantitative estimate of drug-likeness (QED) is 0.329. The highest BCUT2D eigenvalue weighted by molar-refractivity contribution is 7.99. The number of carbonyl (C=O) groups is 1. The number of aromatic nitrogens is 2. The number of para-hydroxylation sites is 2. The molecule has 33 heavy (non-hydrogen) atoms. The van der Waals surface area contributed by atoms with E-state index in [1.54, 1.807) is 42.5 Å². The first-order valence-electron chi connectivity index (χ1n) is 9.80. The van der Waals surface area contributed by atoms with Crippen LogP contribution in [0.1, 0.15) is 0 Å². The van der Waals surface area contributed by atoms with Gasteiger partial charge in [-0.25, -0.2) is 9.37 Å². The molecule has 3 aromatic carbocycles. The summed E-state index contributed by atoms with van der Waals surface area (Å²) in [4.78, 5) is 30.4. The number of nitrogens with zero attached hydrogens (tertiary/aromatic N) is 2. The molecular formula is C23H15ClFN3O4S. The summed E-state index contributed by atoms with van der Waals surface area (Å²) in [5.74, 6) is -0.0729. The van der Waals surface area contributed by atoms with Crippen LogP contribution in [0.4, 0.5) is 10.1 Å². The SMILES string of the molecule is O=C(CSc1nc2ccccc2c(=O)n1-c1ccccc1F)Nc1cc2c(cc1Cl)OCO2. The Morgan fingerprint density at radius 3 is 2.67 bits per heavy atom. The number of benzene rings is 3. The molecule has 7 nitrogen and oxygen atoms in total. The van der Waals surface area contributed by atoms with Crippen molar-refractivity contribution >= 4 is 45.9 Å². The molecule has 0 unspecified atom stereocenters. The normalized spacial score (nSPS) is 12.2. The lowest BCUT2D eigenvalue weighted by molar-refractivity contribution is -0.113. The lowest BCUT2D eigenvalue weighted by atomic mass is 10.2. The highest BCUT2D eigenvalue weighted by atomic mass is 35.5. The number of thioether (sulfide) groups is 1. The fraction of sp³-hybridized carbons (Fsp3) is 0.0870. The smallest absolute Gasteiger partial charge is 0.266 e. The second-order valence-electron chi connectivity index (χ2n) is 7.03. The van der Waals surface area contributed by atoms with E-state index in [2.05, 4.69) is 10.3 Å². The van der Waals surface area contributed by atoms with Gasteiger partial charge in [-0.05, 0) is 24.3 Å². The molecule has 0 saturated carbocycles. The fourth-order valence-electron chi connectivity index (χ4n) is 3.38. The predicted octanol–water partition coefficient (Wildman–Crippen LogP) is 4.64. The molecule has 0 aliphatic carbocycles. The number of fused-ring (bicyclic) bond motifs is 2. The van der Waals surface area contributed by atoms with E-state index in [1.807, 2.05) is 0 Å². The van der Waals surface area contributed by atoms with Crippen molar-refractivity contribution in [3.8, 4) is 17.2 Å². The number of ether oxygens (including phenoxy) is 2. The molecule has 0 radical (unpaired) electrons. The van der Waals surface area contributed by atoms with Crippen molar-refractivity contribution in [1.82, 2.24) is 9.55 Å². The Kier molecular flexibility index (Phi) is 5.65. The van der Waals surface area contributed by atoms with Gasteiger partial charge in [-0.2, -0.15) is 0 Å². The second-order valence-corrected chi connectivity index (χ2v) is 8.38. The molecule has 0 fully saturated rings. The van der Waals surface area contributed by atoms with Crippen LogP contribution in [0.15, 0.2) is 70.6 Å². The highest BCUT2D eigenvalue weighted by Gasteiger charge is 2.20. The fourth-order valence-corrected chi connectivity index (χ4v) is 4.39. The first-order chi connectivity index (χ1) is 16.0. The number of rotatable bonds is 5. The van der Waals surface area contributed by atoms with Crippen molar-refractivity contribution in [2.24, 2.45) is 0 Å². The zero-order chi connectivity index (χ0) is 22.9. The third-order valence-corrected chi connectivity index (χ3v) is 6.16. The van der Waals surface area contributed by atoms with E-state index in [1.165, 1.54) is 22.8 Å². The van der Waals surface area contributed by atoms with Crippen LogP contribution >= 0.6 is 23.4 Å². The van der Waals surface area contributed by atoms with Crippen molar-refractivity contribution in [2.45, 2.75) is 5.16 Å². The first kappa shape index (κ1) is 21.3. The number of halogens is 2. The van der Waals surface area contributed by atoms with Crippen LogP contribution in [-0.4, -0.2) is 28.0 Å². The largest absolute Gasteiger partial charge is 0.454 e. The summed E-state index contributed by atoms with van der Waals surface area (Å²) in [6.07, 6.45) is 0. The Morgan fingerprint density at radius 2 is 1.85 bits per heavy atom.